The Bertz CT molecular complexity index is 1050. The van der Waals surface area contributed by atoms with Gasteiger partial charge in [-0.15, -0.1) is 11.3 Å². The lowest BCUT2D eigenvalue weighted by Gasteiger charge is -2.09. The molecule has 0 saturated carbocycles. The molecule has 0 spiro atoms. The van der Waals surface area contributed by atoms with Gasteiger partial charge < -0.3 is 20.1 Å². The minimum atomic E-state index is -0.569. The van der Waals surface area contributed by atoms with E-state index in [1.165, 1.54) is 30.6 Å². The number of methoxy groups -OCH3 is 1. The van der Waals surface area contributed by atoms with Gasteiger partial charge in [0.2, 0.25) is 0 Å². The quantitative estimate of drug-likeness (QED) is 0.530. The van der Waals surface area contributed by atoms with Crippen molar-refractivity contribution in [1.29, 1.82) is 0 Å². The topological polar surface area (TPSA) is 76.7 Å². The number of carbonyl (C=O) groups excluding carboxylic acids is 2. The molecule has 3 aromatic rings. The molecule has 146 valence electrons. The summed E-state index contributed by atoms with van der Waals surface area (Å²) in [5, 5.41) is 5.86. The van der Waals surface area contributed by atoms with Gasteiger partial charge in [-0.05, 0) is 43.3 Å². The summed E-state index contributed by atoms with van der Waals surface area (Å²) in [4.78, 5) is 24.6. The normalized spacial score (nSPS) is 10.6. The number of urea groups is 1. The van der Waals surface area contributed by atoms with Crippen molar-refractivity contribution in [3.63, 3.8) is 0 Å². The molecule has 2 aromatic carbocycles. The maximum absolute atomic E-state index is 13.2. The van der Waals surface area contributed by atoms with Gasteiger partial charge in [-0.25, -0.2) is 14.0 Å². The number of carbonyl (C=O) groups is 2. The molecule has 2 N–H and O–H groups in total. The second kappa shape index (κ2) is 8.45. The van der Waals surface area contributed by atoms with Crippen LogP contribution in [-0.4, -0.2) is 25.7 Å². The number of nitrogens with one attached hydrogen (secondary N) is 2. The summed E-state index contributed by atoms with van der Waals surface area (Å²) in [6, 6.07) is 8.54. The maximum Gasteiger partial charge on any atom is 0.351 e. The summed E-state index contributed by atoms with van der Waals surface area (Å²) in [7, 11) is 1.31. The van der Waals surface area contributed by atoms with Gasteiger partial charge in [0.25, 0.3) is 0 Å². The summed E-state index contributed by atoms with van der Waals surface area (Å²) in [6.07, 6.45) is 0. The van der Waals surface area contributed by atoms with Crippen molar-refractivity contribution in [3.8, 4) is 5.75 Å². The standard InChI is InChI=1S/C19H16ClFN2O4S/c1-3-27-16-12-8-10(5-7-15(12)28-17(16)18(24)26-2)22-19(25)23-11-4-6-14(21)13(20)9-11/h4-9H,3H2,1-2H3,(H2,22,23,25). The molecule has 0 aliphatic rings. The van der Waals surface area contributed by atoms with E-state index >= 15 is 0 Å². The van der Waals surface area contributed by atoms with Crippen LogP contribution in [0.5, 0.6) is 5.75 Å². The Hall–Kier alpha value is -2.84. The van der Waals surface area contributed by atoms with E-state index in [1.54, 1.807) is 18.2 Å². The van der Waals surface area contributed by atoms with Crippen LogP contribution >= 0.6 is 22.9 Å². The van der Waals surface area contributed by atoms with E-state index in [9.17, 15) is 14.0 Å². The predicted octanol–water partition coefficient (Wildman–Crippen LogP) is 5.52. The number of anilines is 2. The van der Waals surface area contributed by atoms with Crippen LogP contribution in [0.15, 0.2) is 36.4 Å². The molecular formula is C19H16ClFN2O4S. The van der Waals surface area contributed by atoms with Crippen molar-refractivity contribution >= 4 is 56.4 Å². The molecule has 0 aliphatic heterocycles. The second-order valence-electron chi connectivity index (χ2n) is 5.60. The molecule has 0 aliphatic carbocycles. The molecular weight excluding hydrogens is 407 g/mol. The number of amides is 2. The molecule has 2 amide bonds. The van der Waals surface area contributed by atoms with E-state index in [1.807, 2.05) is 6.92 Å². The monoisotopic (exact) mass is 422 g/mol. The fourth-order valence-corrected chi connectivity index (χ4v) is 3.76. The molecule has 6 nitrogen and oxygen atoms in total. The van der Waals surface area contributed by atoms with Crippen LogP contribution < -0.4 is 15.4 Å². The lowest BCUT2D eigenvalue weighted by molar-refractivity contribution is 0.0602. The molecule has 0 fully saturated rings. The first-order valence-corrected chi connectivity index (χ1v) is 9.43. The van der Waals surface area contributed by atoms with Crippen LogP contribution in [0.3, 0.4) is 0 Å². The Morgan fingerprint density at radius 2 is 1.82 bits per heavy atom. The number of rotatable bonds is 5. The Balaban J connectivity index is 1.84. The Morgan fingerprint density at radius 3 is 2.46 bits per heavy atom. The van der Waals surface area contributed by atoms with Crippen molar-refractivity contribution in [2.45, 2.75) is 6.92 Å². The molecule has 0 atom stereocenters. The average Bonchev–Trinajstić information content (AvgIpc) is 3.02. The van der Waals surface area contributed by atoms with Crippen molar-refractivity contribution in [3.05, 3.63) is 52.1 Å². The number of halogens is 2. The van der Waals surface area contributed by atoms with Crippen molar-refractivity contribution in [2.75, 3.05) is 24.4 Å². The SMILES string of the molecule is CCOc1c(C(=O)OC)sc2ccc(NC(=O)Nc3ccc(F)c(Cl)c3)cc12. The number of fused-ring (bicyclic) bond motifs is 1. The van der Waals surface area contributed by atoms with E-state index in [0.717, 1.165) is 10.8 Å². The summed E-state index contributed by atoms with van der Waals surface area (Å²) in [6.45, 7) is 2.19. The molecule has 0 radical (unpaired) electrons. The van der Waals surface area contributed by atoms with Gasteiger partial charge in [0.15, 0.2) is 10.6 Å². The second-order valence-corrected chi connectivity index (χ2v) is 7.06. The van der Waals surface area contributed by atoms with Gasteiger partial charge in [0.05, 0.1) is 18.7 Å². The lowest BCUT2D eigenvalue weighted by atomic mass is 10.2. The third kappa shape index (κ3) is 4.18. The molecule has 3 rings (SSSR count). The highest BCUT2D eigenvalue weighted by Gasteiger charge is 2.21. The van der Waals surface area contributed by atoms with Gasteiger partial charge in [-0.2, -0.15) is 0 Å². The zero-order valence-corrected chi connectivity index (χ0v) is 16.5. The largest absolute Gasteiger partial charge is 0.491 e. The summed E-state index contributed by atoms with van der Waals surface area (Å²) >= 11 is 6.96. The number of hydrogen-bond acceptors (Lipinski definition) is 5. The van der Waals surface area contributed by atoms with E-state index < -0.39 is 17.8 Å². The number of thiophene rings is 1. The van der Waals surface area contributed by atoms with Crippen LogP contribution in [0.2, 0.25) is 5.02 Å². The molecule has 0 saturated heterocycles. The zero-order chi connectivity index (χ0) is 20.3. The highest BCUT2D eigenvalue weighted by atomic mass is 35.5. The average molecular weight is 423 g/mol. The number of esters is 1. The van der Waals surface area contributed by atoms with Crippen molar-refractivity contribution in [2.24, 2.45) is 0 Å². The minimum absolute atomic E-state index is 0.0887. The third-order valence-corrected chi connectivity index (χ3v) is 5.16. The summed E-state index contributed by atoms with van der Waals surface area (Å²) in [5.74, 6) is -0.630. The highest BCUT2D eigenvalue weighted by molar-refractivity contribution is 7.21. The van der Waals surface area contributed by atoms with Gasteiger partial charge >= 0.3 is 12.0 Å². The third-order valence-electron chi connectivity index (χ3n) is 3.74. The van der Waals surface area contributed by atoms with Gasteiger partial charge in [0.1, 0.15) is 5.82 Å². The van der Waals surface area contributed by atoms with Crippen LogP contribution in [0.1, 0.15) is 16.6 Å². The molecule has 0 bridgehead atoms. The van der Waals surface area contributed by atoms with E-state index in [2.05, 4.69) is 10.6 Å². The number of benzene rings is 2. The number of ether oxygens (including phenoxy) is 2. The highest BCUT2D eigenvalue weighted by Crippen LogP contribution is 2.39. The van der Waals surface area contributed by atoms with Gasteiger partial charge in [0, 0.05) is 21.5 Å². The van der Waals surface area contributed by atoms with Crippen LogP contribution in [0, 0.1) is 5.82 Å². The fraction of sp³-hybridized carbons (Fsp3) is 0.158. The minimum Gasteiger partial charge on any atom is -0.491 e. The molecule has 1 aromatic heterocycles. The van der Waals surface area contributed by atoms with Gasteiger partial charge in [-0.1, -0.05) is 11.6 Å². The van der Waals surface area contributed by atoms with Crippen LogP contribution in [0.25, 0.3) is 10.1 Å². The van der Waals surface area contributed by atoms with Crippen LogP contribution in [0.4, 0.5) is 20.6 Å². The first kappa shape index (κ1) is 19.9. The van der Waals surface area contributed by atoms with Crippen molar-refractivity contribution < 1.29 is 23.5 Å². The smallest absolute Gasteiger partial charge is 0.351 e. The van der Waals surface area contributed by atoms with E-state index in [4.69, 9.17) is 21.1 Å². The summed E-state index contributed by atoms with van der Waals surface area (Å²) in [5.41, 5.74) is 0.844. The lowest BCUT2D eigenvalue weighted by Crippen LogP contribution is -2.19. The van der Waals surface area contributed by atoms with Crippen molar-refractivity contribution in [1.82, 2.24) is 0 Å². The Morgan fingerprint density at radius 1 is 1.14 bits per heavy atom. The fourth-order valence-electron chi connectivity index (χ4n) is 2.53. The number of hydrogen-bond donors (Lipinski definition) is 2. The predicted molar refractivity (Wildman–Crippen MR) is 108 cm³/mol. The first-order valence-electron chi connectivity index (χ1n) is 8.23. The van der Waals surface area contributed by atoms with Crippen LogP contribution in [-0.2, 0) is 4.74 Å². The molecule has 28 heavy (non-hydrogen) atoms. The van der Waals surface area contributed by atoms with E-state index in [0.29, 0.717) is 34.0 Å². The Kier molecular flexibility index (Phi) is 6.01. The zero-order valence-electron chi connectivity index (χ0n) is 15.0. The molecule has 1 heterocycles. The first-order chi connectivity index (χ1) is 13.4. The van der Waals surface area contributed by atoms with Gasteiger partial charge in [-0.3, -0.25) is 0 Å². The van der Waals surface area contributed by atoms with E-state index in [-0.39, 0.29) is 5.02 Å². The maximum atomic E-state index is 13.2. The Labute approximate surface area is 169 Å². The molecule has 0 unspecified atom stereocenters. The summed E-state index contributed by atoms with van der Waals surface area (Å²) < 4.78 is 24.5. The molecule has 9 heteroatoms.